The highest BCUT2D eigenvalue weighted by atomic mass is 32.2. The summed E-state index contributed by atoms with van der Waals surface area (Å²) in [5.41, 5.74) is 4.89. The number of aryl methyl sites for hydroxylation is 3. The Morgan fingerprint density at radius 1 is 1.06 bits per heavy atom. The lowest BCUT2D eigenvalue weighted by Gasteiger charge is -2.39. The van der Waals surface area contributed by atoms with Crippen molar-refractivity contribution < 1.29 is 4.79 Å². The number of ketones is 1. The van der Waals surface area contributed by atoms with Gasteiger partial charge in [-0.15, -0.1) is 5.10 Å². The van der Waals surface area contributed by atoms with Crippen molar-refractivity contribution in [3.63, 3.8) is 0 Å². The van der Waals surface area contributed by atoms with Crippen LogP contribution in [0.3, 0.4) is 0 Å². The van der Waals surface area contributed by atoms with E-state index >= 15 is 0 Å². The fourth-order valence-corrected chi connectivity index (χ4v) is 4.94. The molecule has 2 aliphatic rings. The SMILES string of the molecule is CCC.Cc1ccc(SN(C)/N=C(\c2c(C)cccc2C)N2CCC(=O)CC23CC3)cc1. The standard InChI is InChI=1S/C24H29N3OS.C3H8/c1-17-8-10-21(11-9-17)29-26(4)25-23(22-18(2)6-5-7-19(22)3)27-15-12-20(28)16-24(27)13-14-24;1-3-2/h5-11H,12-16H2,1-4H3;3H2,1-2H3/b25-23+;. The van der Waals surface area contributed by atoms with Gasteiger partial charge < -0.3 is 4.90 Å². The second-order valence-electron chi connectivity index (χ2n) is 9.11. The van der Waals surface area contributed by atoms with Gasteiger partial charge >= 0.3 is 0 Å². The van der Waals surface area contributed by atoms with Crippen molar-refractivity contribution in [2.45, 2.75) is 77.2 Å². The molecule has 0 bridgehead atoms. The van der Waals surface area contributed by atoms with Crippen LogP contribution in [-0.2, 0) is 4.79 Å². The summed E-state index contributed by atoms with van der Waals surface area (Å²) in [7, 11) is 2.01. The van der Waals surface area contributed by atoms with E-state index in [0.717, 1.165) is 30.1 Å². The number of amidine groups is 1. The summed E-state index contributed by atoms with van der Waals surface area (Å²) in [6.07, 6.45) is 4.68. The Kier molecular flexibility index (Phi) is 8.05. The molecule has 0 aromatic heterocycles. The van der Waals surface area contributed by atoms with Crippen molar-refractivity contribution in [3.05, 3.63) is 64.7 Å². The molecule has 4 rings (SSSR count). The highest BCUT2D eigenvalue weighted by molar-refractivity contribution is 7.97. The average molecular weight is 452 g/mol. The van der Waals surface area contributed by atoms with E-state index < -0.39 is 0 Å². The van der Waals surface area contributed by atoms with Crippen LogP contribution in [-0.4, -0.2) is 40.1 Å². The third-order valence-electron chi connectivity index (χ3n) is 5.99. The van der Waals surface area contributed by atoms with Gasteiger partial charge in [0.15, 0.2) is 5.84 Å². The minimum absolute atomic E-state index is 0.0156. The molecule has 2 aromatic carbocycles. The lowest BCUT2D eigenvalue weighted by atomic mass is 9.94. The van der Waals surface area contributed by atoms with Gasteiger partial charge in [-0.05, 0) is 56.9 Å². The Bertz CT molecular complexity index is 943. The van der Waals surface area contributed by atoms with Gasteiger partial charge in [0.05, 0.1) is 0 Å². The van der Waals surface area contributed by atoms with E-state index in [1.165, 1.54) is 28.7 Å². The molecule has 0 atom stereocenters. The van der Waals surface area contributed by atoms with Crippen molar-refractivity contribution in [2.75, 3.05) is 13.6 Å². The van der Waals surface area contributed by atoms with Crippen molar-refractivity contribution >= 4 is 23.6 Å². The molecule has 1 aliphatic carbocycles. The van der Waals surface area contributed by atoms with Gasteiger partial charge in [-0.1, -0.05) is 56.2 Å². The Morgan fingerprint density at radius 3 is 2.22 bits per heavy atom. The molecule has 1 saturated carbocycles. The Balaban J connectivity index is 0.000000913. The summed E-state index contributed by atoms with van der Waals surface area (Å²) in [6.45, 7) is 11.4. The highest BCUT2D eigenvalue weighted by Gasteiger charge is 2.53. The van der Waals surface area contributed by atoms with Gasteiger partial charge in [0.25, 0.3) is 0 Å². The molecule has 1 saturated heterocycles. The van der Waals surface area contributed by atoms with E-state index in [9.17, 15) is 4.79 Å². The number of hydrogen-bond acceptors (Lipinski definition) is 4. The first-order chi connectivity index (χ1) is 15.3. The maximum atomic E-state index is 12.2. The van der Waals surface area contributed by atoms with Crippen LogP contribution >= 0.6 is 11.9 Å². The van der Waals surface area contributed by atoms with Crippen LogP contribution in [0, 0.1) is 20.8 Å². The number of nitrogens with zero attached hydrogens (tertiary/aromatic N) is 3. The van der Waals surface area contributed by atoms with Gasteiger partial charge in [-0.25, -0.2) is 4.41 Å². The van der Waals surface area contributed by atoms with Crippen molar-refractivity contribution in [3.8, 4) is 0 Å². The van der Waals surface area contributed by atoms with Gasteiger partial charge in [-0.2, -0.15) is 0 Å². The molecule has 172 valence electrons. The lowest BCUT2D eigenvalue weighted by molar-refractivity contribution is -0.122. The zero-order valence-corrected chi connectivity index (χ0v) is 21.3. The number of rotatable bonds is 4. The van der Waals surface area contributed by atoms with Crippen molar-refractivity contribution in [1.82, 2.24) is 9.31 Å². The smallest absolute Gasteiger partial charge is 0.158 e. The number of benzene rings is 2. The number of piperidine rings is 1. The largest absolute Gasteiger partial charge is 0.348 e. The zero-order valence-electron chi connectivity index (χ0n) is 20.4. The van der Waals surface area contributed by atoms with Crippen LogP contribution in [0.15, 0.2) is 52.5 Å². The first-order valence-electron chi connectivity index (χ1n) is 11.7. The molecule has 2 aromatic rings. The van der Waals surface area contributed by atoms with Gasteiger partial charge in [0, 0.05) is 54.4 Å². The zero-order chi connectivity index (χ0) is 23.3. The Morgan fingerprint density at radius 2 is 1.66 bits per heavy atom. The predicted octanol–water partition coefficient (Wildman–Crippen LogP) is 6.53. The molecular weight excluding hydrogens is 414 g/mol. The molecule has 32 heavy (non-hydrogen) atoms. The molecule has 0 unspecified atom stereocenters. The maximum absolute atomic E-state index is 12.2. The molecule has 2 fully saturated rings. The molecule has 0 radical (unpaired) electrons. The summed E-state index contributed by atoms with van der Waals surface area (Å²) < 4.78 is 1.96. The van der Waals surface area contributed by atoms with E-state index in [1.807, 2.05) is 11.5 Å². The second kappa shape index (κ2) is 10.6. The quantitative estimate of drug-likeness (QED) is 0.229. The van der Waals surface area contributed by atoms with Crippen molar-refractivity contribution in [1.29, 1.82) is 0 Å². The molecule has 1 aliphatic heterocycles. The van der Waals surface area contributed by atoms with Gasteiger partial charge in [0.1, 0.15) is 5.78 Å². The van der Waals surface area contributed by atoms with Crippen molar-refractivity contribution in [2.24, 2.45) is 5.10 Å². The van der Waals surface area contributed by atoms with Gasteiger partial charge in [0.2, 0.25) is 0 Å². The van der Waals surface area contributed by atoms with E-state index in [4.69, 9.17) is 5.10 Å². The molecule has 0 N–H and O–H groups in total. The normalized spacial score (nSPS) is 17.1. The summed E-state index contributed by atoms with van der Waals surface area (Å²) in [5.74, 6) is 1.40. The van der Waals surface area contributed by atoms with Crippen LogP contribution in [0.25, 0.3) is 0 Å². The van der Waals surface area contributed by atoms with E-state index in [-0.39, 0.29) is 5.54 Å². The fraction of sp³-hybridized carbons (Fsp3) is 0.481. The second-order valence-corrected chi connectivity index (χ2v) is 10.3. The minimum Gasteiger partial charge on any atom is -0.348 e. The van der Waals surface area contributed by atoms with Crippen LogP contribution in [0.5, 0.6) is 0 Å². The Hall–Kier alpha value is -2.27. The van der Waals surface area contributed by atoms with Gasteiger partial charge in [-0.3, -0.25) is 4.79 Å². The third-order valence-corrected chi connectivity index (χ3v) is 6.82. The van der Waals surface area contributed by atoms with E-state index in [0.29, 0.717) is 18.6 Å². The number of likely N-dealkylation sites (tertiary alicyclic amines) is 1. The lowest BCUT2D eigenvalue weighted by Crippen LogP contribution is -2.49. The first kappa shape index (κ1) is 24.4. The molecule has 1 spiro atoms. The summed E-state index contributed by atoms with van der Waals surface area (Å²) in [6, 6.07) is 14.9. The molecule has 4 nitrogen and oxygen atoms in total. The molecule has 5 heteroatoms. The minimum atomic E-state index is -0.0156. The Labute approximate surface area is 198 Å². The average Bonchev–Trinajstić information content (AvgIpc) is 3.49. The number of Topliss-reactive ketones (excluding diaryl/α,β-unsaturated/α-hetero) is 1. The predicted molar refractivity (Wildman–Crippen MR) is 136 cm³/mol. The van der Waals surface area contributed by atoms with E-state index in [2.05, 4.69) is 82.0 Å². The number of hydrazone groups is 1. The first-order valence-corrected chi connectivity index (χ1v) is 12.5. The number of hydrogen-bond donors (Lipinski definition) is 0. The number of carbonyl (C=O) groups excluding carboxylic acids is 1. The monoisotopic (exact) mass is 451 g/mol. The van der Waals surface area contributed by atoms with Crippen LogP contribution < -0.4 is 0 Å². The molecule has 1 heterocycles. The highest BCUT2D eigenvalue weighted by Crippen LogP contribution is 2.48. The van der Waals surface area contributed by atoms with Crippen LogP contribution in [0.2, 0.25) is 0 Å². The molecular formula is C27H37N3OS. The molecule has 0 amide bonds. The van der Waals surface area contributed by atoms with Crippen LogP contribution in [0.1, 0.15) is 68.2 Å². The van der Waals surface area contributed by atoms with E-state index in [1.54, 1.807) is 11.9 Å². The summed E-state index contributed by atoms with van der Waals surface area (Å²) in [4.78, 5) is 15.8. The summed E-state index contributed by atoms with van der Waals surface area (Å²) in [5, 5.41) is 5.10. The number of carbonyl (C=O) groups is 1. The fourth-order valence-electron chi connectivity index (χ4n) is 4.26. The van der Waals surface area contributed by atoms with Crippen LogP contribution in [0.4, 0.5) is 0 Å². The third kappa shape index (κ3) is 5.74. The maximum Gasteiger partial charge on any atom is 0.158 e. The topological polar surface area (TPSA) is 35.9 Å². The summed E-state index contributed by atoms with van der Waals surface area (Å²) >= 11 is 1.62.